The van der Waals surface area contributed by atoms with Gasteiger partial charge in [-0.3, -0.25) is 5.32 Å². The van der Waals surface area contributed by atoms with Gasteiger partial charge in [0.25, 0.3) is 0 Å². The number of hydrogen-bond donors (Lipinski definition) is 1. The fourth-order valence-corrected chi connectivity index (χ4v) is 5.01. The quantitative estimate of drug-likeness (QED) is 0.309. The Labute approximate surface area is 259 Å². The van der Waals surface area contributed by atoms with Crippen molar-refractivity contribution in [2.45, 2.75) is 38.2 Å². The topological polar surface area (TPSA) is 104 Å². The molecule has 8 heteroatoms. The van der Waals surface area contributed by atoms with Crippen molar-refractivity contribution in [2.75, 3.05) is 5.32 Å². The number of hydrogen-bond acceptors (Lipinski definition) is 6. The van der Waals surface area contributed by atoms with E-state index in [4.69, 9.17) is 9.15 Å². The molecule has 0 saturated heterocycles. The van der Waals surface area contributed by atoms with Crippen molar-refractivity contribution in [2.24, 2.45) is 0 Å². The zero-order valence-corrected chi connectivity index (χ0v) is 25.1. The summed E-state index contributed by atoms with van der Waals surface area (Å²) in [5, 5.41) is 15.1. The van der Waals surface area contributed by atoms with Crippen molar-refractivity contribution in [3.05, 3.63) is 108 Å². The molecule has 0 bridgehead atoms. The second-order valence-corrected chi connectivity index (χ2v) is 10.2. The number of anilines is 1. The molecule has 3 aromatic carbocycles. The van der Waals surface area contributed by atoms with Gasteiger partial charge < -0.3 is 19.1 Å². The van der Waals surface area contributed by atoms with Crippen LogP contribution in [0.25, 0.3) is 33.6 Å². The maximum Gasteiger partial charge on any atom is 1.00 e. The number of aromatic nitrogens is 1. The van der Waals surface area contributed by atoms with Gasteiger partial charge in [-0.15, -0.1) is 0 Å². The van der Waals surface area contributed by atoms with Gasteiger partial charge in [0.1, 0.15) is 11.8 Å². The summed E-state index contributed by atoms with van der Waals surface area (Å²) in [7, 11) is 0. The number of carboxylic acids is 1. The third kappa shape index (κ3) is 5.66. The predicted octanol–water partition coefficient (Wildman–Crippen LogP) is 3.57. The maximum atomic E-state index is 12.9. The Kier molecular flexibility index (Phi) is 8.04. The van der Waals surface area contributed by atoms with Crippen molar-refractivity contribution in [1.82, 2.24) is 4.98 Å². The summed E-state index contributed by atoms with van der Waals surface area (Å²) in [4.78, 5) is 29.0. The monoisotopic (exact) mass is 554 g/mol. The van der Waals surface area contributed by atoms with Crippen molar-refractivity contribution in [1.29, 1.82) is 0 Å². The number of carboxylic acid groups (broad SMARTS) is 1. The third-order valence-electron chi connectivity index (χ3n) is 7.53. The molecule has 1 aliphatic rings. The van der Waals surface area contributed by atoms with Crippen LogP contribution in [-0.4, -0.2) is 17.0 Å². The average Bonchev–Trinajstić information content (AvgIpc) is 3.72. The zero-order chi connectivity index (χ0) is 27.9. The first-order valence-corrected chi connectivity index (χ1v) is 13.2. The van der Waals surface area contributed by atoms with Crippen LogP contribution in [0.4, 0.5) is 10.5 Å². The Bertz CT molecular complexity index is 1710. The first-order chi connectivity index (χ1) is 19.3. The van der Waals surface area contributed by atoms with Gasteiger partial charge in [-0.25, -0.2) is 9.78 Å². The Morgan fingerprint density at radius 2 is 1.51 bits per heavy atom. The van der Waals surface area contributed by atoms with Gasteiger partial charge in [-0.05, 0) is 61.1 Å². The summed E-state index contributed by atoms with van der Waals surface area (Å²) < 4.78 is 11.8. The number of rotatable bonds is 7. The fraction of sp³-hybridized carbons (Fsp3) is 0.182. The van der Waals surface area contributed by atoms with E-state index in [1.54, 1.807) is 0 Å². The molecule has 0 unspecified atom stereocenters. The standard InChI is InChI=1S/C33H28N2O5.Na/c1-20-8-17-27-28(35-32(38)39-21(2)22-6-4-3-5-7-22)29(40-30(27)34-20)25-11-9-23(10-12-25)24-13-15-26(16-14-24)33(18-19-33)31(36)37;/h3-17,21H,18-19H2,1-2H3,(H,35,38)(H,36,37);/q;+1/p-1/t21-;/m1./s1. The molecule has 1 N–H and O–H groups in total. The smallest absolute Gasteiger partial charge is 0.549 e. The minimum Gasteiger partial charge on any atom is -0.549 e. The minimum atomic E-state index is -1.01. The first kappa shape index (κ1) is 28.6. The molecule has 41 heavy (non-hydrogen) atoms. The number of nitrogens with zero attached hydrogens (tertiary/aromatic N) is 1. The number of benzene rings is 3. The second kappa shape index (κ2) is 11.5. The number of fused-ring (bicyclic) bond motifs is 1. The first-order valence-electron chi connectivity index (χ1n) is 13.2. The molecule has 1 amide bonds. The van der Waals surface area contributed by atoms with Gasteiger partial charge in [-0.2, -0.15) is 0 Å². The van der Waals surface area contributed by atoms with Crippen LogP contribution < -0.4 is 40.0 Å². The summed E-state index contributed by atoms with van der Waals surface area (Å²) in [6, 6.07) is 28.6. The molecule has 7 nitrogen and oxygen atoms in total. The predicted molar refractivity (Wildman–Crippen MR) is 150 cm³/mol. The molecule has 0 radical (unpaired) electrons. The van der Waals surface area contributed by atoms with E-state index in [0.29, 0.717) is 35.4 Å². The summed E-state index contributed by atoms with van der Waals surface area (Å²) >= 11 is 0. The Hall–Kier alpha value is -3.91. The maximum absolute atomic E-state index is 12.9. The molecule has 2 heterocycles. The molecule has 5 aromatic rings. The van der Waals surface area contributed by atoms with E-state index >= 15 is 0 Å². The molecule has 0 spiro atoms. The number of carbonyl (C=O) groups excluding carboxylic acids is 2. The fourth-order valence-electron chi connectivity index (χ4n) is 5.01. The van der Waals surface area contributed by atoms with Crippen LogP contribution >= 0.6 is 0 Å². The van der Waals surface area contributed by atoms with Crippen LogP contribution in [0.3, 0.4) is 0 Å². The van der Waals surface area contributed by atoms with E-state index in [-0.39, 0.29) is 29.6 Å². The third-order valence-corrected chi connectivity index (χ3v) is 7.53. The summed E-state index contributed by atoms with van der Waals surface area (Å²) in [5.41, 5.74) is 5.23. The average molecular weight is 555 g/mol. The van der Waals surface area contributed by atoms with Crippen LogP contribution in [0.2, 0.25) is 0 Å². The Morgan fingerprint density at radius 1 is 0.902 bits per heavy atom. The normalized spacial score (nSPS) is 14.1. The van der Waals surface area contributed by atoms with Crippen LogP contribution in [0.15, 0.2) is 95.4 Å². The number of furan rings is 1. The number of aliphatic carboxylic acids is 1. The summed E-state index contributed by atoms with van der Waals surface area (Å²) in [6.45, 7) is 3.70. The van der Waals surface area contributed by atoms with E-state index in [1.807, 2.05) is 105 Å². The molecule has 1 atom stereocenters. The molecule has 6 rings (SSSR count). The van der Waals surface area contributed by atoms with Gasteiger partial charge in [0.15, 0.2) is 5.76 Å². The molecular weight excluding hydrogens is 527 g/mol. The van der Waals surface area contributed by atoms with Crippen LogP contribution in [0.1, 0.15) is 42.7 Å². The largest absolute Gasteiger partial charge is 1.00 e. The molecule has 2 aromatic heterocycles. The van der Waals surface area contributed by atoms with Gasteiger partial charge in [0.05, 0.1) is 11.4 Å². The molecular formula is C33H27N2NaO5. The molecule has 1 saturated carbocycles. The SMILES string of the molecule is Cc1ccc2c(NC(=O)O[C@H](C)c3ccccc3)c(-c3ccc(-c4ccc(C5(C(=O)[O-])CC5)cc4)cc3)oc2n1.[Na+]. The van der Waals surface area contributed by atoms with E-state index in [0.717, 1.165) is 33.5 Å². The molecule has 0 aliphatic heterocycles. The van der Waals surface area contributed by atoms with Gasteiger partial charge >= 0.3 is 35.7 Å². The van der Waals surface area contributed by atoms with Crippen LogP contribution in [-0.2, 0) is 14.9 Å². The van der Waals surface area contributed by atoms with Gasteiger partial charge in [0, 0.05) is 16.7 Å². The number of pyridine rings is 1. The summed E-state index contributed by atoms with van der Waals surface area (Å²) in [6.07, 6.45) is 0.201. The van der Waals surface area contributed by atoms with E-state index in [9.17, 15) is 14.7 Å². The van der Waals surface area contributed by atoms with Gasteiger partial charge in [0.2, 0.25) is 5.71 Å². The number of carbonyl (C=O) groups is 2. The van der Waals surface area contributed by atoms with E-state index in [2.05, 4.69) is 10.3 Å². The number of ether oxygens (including phenoxy) is 1. The summed E-state index contributed by atoms with van der Waals surface area (Å²) in [5.74, 6) is -0.535. The molecule has 1 aliphatic carbocycles. The van der Waals surface area contributed by atoms with Crippen LogP contribution in [0.5, 0.6) is 0 Å². The van der Waals surface area contributed by atoms with Crippen molar-refractivity contribution in [3.63, 3.8) is 0 Å². The van der Waals surface area contributed by atoms with Crippen molar-refractivity contribution in [3.8, 4) is 22.5 Å². The molecule has 1 fully saturated rings. The zero-order valence-electron chi connectivity index (χ0n) is 23.1. The van der Waals surface area contributed by atoms with E-state index in [1.165, 1.54) is 0 Å². The number of nitrogens with one attached hydrogen (secondary N) is 1. The van der Waals surface area contributed by atoms with Crippen LogP contribution in [0, 0.1) is 6.92 Å². The van der Waals surface area contributed by atoms with Crippen molar-refractivity contribution >= 4 is 28.8 Å². The number of amides is 1. The number of aryl methyl sites for hydroxylation is 1. The Balaban J connectivity index is 0.00000337. The van der Waals surface area contributed by atoms with E-state index < -0.39 is 23.6 Å². The second-order valence-electron chi connectivity index (χ2n) is 10.2. The Morgan fingerprint density at radius 3 is 2.12 bits per heavy atom. The molecule has 200 valence electrons. The minimum absolute atomic E-state index is 0. The van der Waals surface area contributed by atoms with Crippen molar-refractivity contribution < 1.29 is 53.4 Å². The van der Waals surface area contributed by atoms with Gasteiger partial charge in [-0.1, -0.05) is 78.9 Å².